The molecule has 1 amide bonds. The molecule has 0 spiro atoms. The molecule has 108 valence electrons. The van der Waals surface area contributed by atoms with Crippen molar-refractivity contribution in [2.24, 2.45) is 0 Å². The first kappa shape index (κ1) is 14.6. The number of aromatic nitrogens is 1. The number of halogens is 1. The Morgan fingerprint density at radius 2 is 2.10 bits per heavy atom. The van der Waals surface area contributed by atoms with Gasteiger partial charge in [-0.05, 0) is 7.05 Å². The molecule has 0 aliphatic carbocycles. The van der Waals surface area contributed by atoms with E-state index in [2.05, 4.69) is 15.3 Å². The Labute approximate surface area is 120 Å². The summed E-state index contributed by atoms with van der Waals surface area (Å²) >= 11 is 5.82. The summed E-state index contributed by atoms with van der Waals surface area (Å²) in [5, 5.41) is 12.4. The summed E-state index contributed by atoms with van der Waals surface area (Å²) in [6.07, 6.45) is 1.02. The summed E-state index contributed by atoms with van der Waals surface area (Å²) in [5.41, 5.74) is 2.42. The fourth-order valence-corrected chi connectivity index (χ4v) is 2.01. The van der Waals surface area contributed by atoms with E-state index >= 15 is 0 Å². The van der Waals surface area contributed by atoms with Gasteiger partial charge in [0.15, 0.2) is 0 Å². The normalized spacial score (nSPS) is 16.9. The monoisotopic (exact) mass is 299 g/mol. The molecule has 0 atom stereocenters. The molecule has 1 aromatic heterocycles. The van der Waals surface area contributed by atoms with Crippen molar-refractivity contribution in [3.8, 4) is 0 Å². The number of nitrogens with one attached hydrogen (secondary N) is 1. The van der Waals surface area contributed by atoms with Crippen molar-refractivity contribution in [3.05, 3.63) is 33.1 Å². The SMILES string of the molecule is CN1CCN(NC(=O)c2cc([N+](=O)[O-])cnc2Cl)CC1. The first-order valence-electron chi connectivity index (χ1n) is 6.02. The molecular weight excluding hydrogens is 286 g/mol. The van der Waals surface area contributed by atoms with E-state index in [1.165, 1.54) is 0 Å². The average molecular weight is 300 g/mol. The van der Waals surface area contributed by atoms with Crippen LogP contribution in [-0.4, -0.2) is 58.9 Å². The van der Waals surface area contributed by atoms with Gasteiger partial charge in [0.1, 0.15) is 11.3 Å². The summed E-state index contributed by atoms with van der Waals surface area (Å²) in [7, 11) is 2.00. The first-order valence-corrected chi connectivity index (χ1v) is 6.39. The molecule has 0 unspecified atom stereocenters. The van der Waals surface area contributed by atoms with E-state index in [4.69, 9.17) is 11.6 Å². The molecule has 20 heavy (non-hydrogen) atoms. The Hall–Kier alpha value is -1.77. The second-order valence-electron chi connectivity index (χ2n) is 4.52. The summed E-state index contributed by atoms with van der Waals surface area (Å²) in [5.74, 6) is -0.490. The maximum Gasteiger partial charge on any atom is 0.288 e. The van der Waals surface area contributed by atoms with Crippen LogP contribution in [-0.2, 0) is 0 Å². The molecule has 0 saturated carbocycles. The number of rotatable bonds is 3. The highest BCUT2D eigenvalue weighted by Crippen LogP contribution is 2.19. The van der Waals surface area contributed by atoms with Gasteiger partial charge in [-0.1, -0.05) is 11.6 Å². The zero-order valence-corrected chi connectivity index (χ0v) is 11.6. The first-order chi connectivity index (χ1) is 9.47. The van der Waals surface area contributed by atoms with Crippen molar-refractivity contribution >= 4 is 23.2 Å². The number of amides is 1. The Morgan fingerprint density at radius 1 is 1.45 bits per heavy atom. The predicted molar refractivity (Wildman–Crippen MR) is 72.4 cm³/mol. The molecule has 1 N–H and O–H groups in total. The number of carbonyl (C=O) groups excluding carboxylic acids is 1. The van der Waals surface area contributed by atoms with Gasteiger partial charge in [-0.2, -0.15) is 0 Å². The summed E-state index contributed by atoms with van der Waals surface area (Å²) < 4.78 is 0. The number of carbonyl (C=O) groups is 1. The molecule has 9 heteroatoms. The lowest BCUT2D eigenvalue weighted by Crippen LogP contribution is -2.52. The third kappa shape index (κ3) is 3.41. The lowest BCUT2D eigenvalue weighted by molar-refractivity contribution is -0.385. The molecule has 2 heterocycles. The van der Waals surface area contributed by atoms with Crippen LogP contribution in [0.25, 0.3) is 0 Å². The van der Waals surface area contributed by atoms with Crippen molar-refractivity contribution in [1.29, 1.82) is 0 Å². The van der Waals surface area contributed by atoms with Crippen LogP contribution in [0.15, 0.2) is 12.3 Å². The molecule has 2 rings (SSSR count). The number of piperazine rings is 1. The van der Waals surface area contributed by atoms with Crippen molar-refractivity contribution in [3.63, 3.8) is 0 Å². The minimum atomic E-state index is -0.615. The van der Waals surface area contributed by atoms with E-state index in [-0.39, 0.29) is 16.4 Å². The number of nitrogens with zero attached hydrogens (tertiary/aromatic N) is 4. The van der Waals surface area contributed by atoms with Gasteiger partial charge in [0, 0.05) is 32.2 Å². The lowest BCUT2D eigenvalue weighted by atomic mass is 10.2. The summed E-state index contributed by atoms with van der Waals surface area (Å²) in [4.78, 5) is 28.0. The van der Waals surface area contributed by atoms with Gasteiger partial charge in [-0.15, -0.1) is 0 Å². The van der Waals surface area contributed by atoms with Gasteiger partial charge in [0.2, 0.25) is 0 Å². The number of hydrogen-bond donors (Lipinski definition) is 1. The largest absolute Gasteiger partial charge is 0.304 e. The lowest BCUT2D eigenvalue weighted by Gasteiger charge is -2.32. The van der Waals surface area contributed by atoms with E-state index in [1.807, 2.05) is 7.05 Å². The Balaban J connectivity index is 2.08. The van der Waals surface area contributed by atoms with Crippen LogP contribution in [0.3, 0.4) is 0 Å². The second kappa shape index (κ2) is 6.12. The van der Waals surface area contributed by atoms with Crippen LogP contribution in [0.4, 0.5) is 5.69 Å². The maximum absolute atomic E-state index is 12.1. The minimum absolute atomic E-state index is 0.000190. The van der Waals surface area contributed by atoms with Crippen LogP contribution in [0.5, 0.6) is 0 Å². The highest BCUT2D eigenvalue weighted by atomic mass is 35.5. The van der Waals surface area contributed by atoms with Gasteiger partial charge in [-0.25, -0.2) is 9.99 Å². The van der Waals surface area contributed by atoms with Crippen LogP contribution in [0.2, 0.25) is 5.15 Å². The van der Waals surface area contributed by atoms with Gasteiger partial charge in [0.05, 0.1) is 10.5 Å². The highest BCUT2D eigenvalue weighted by molar-refractivity contribution is 6.32. The molecule has 1 aliphatic heterocycles. The molecule has 1 aliphatic rings. The molecule has 1 aromatic rings. The number of hydrogen-bond acceptors (Lipinski definition) is 6. The van der Waals surface area contributed by atoms with Crippen LogP contribution in [0, 0.1) is 10.1 Å². The zero-order valence-electron chi connectivity index (χ0n) is 10.9. The minimum Gasteiger partial charge on any atom is -0.304 e. The smallest absolute Gasteiger partial charge is 0.288 e. The highest BCUT2D eigenvalue weighted by Gasteiger charge is 2.21. The molecule has 0 aromatic carbocycles. The number of likely N-dealkylation sites (N-methyl/N-ethyl adjacent to an activating group) is 1. The average Bonchev–Trinajstić information content (AvgIpc) is 2.41. The number of pyridine rings is 1. The molecule has 0 bridgehead atoms. The summed E-state index contributed by atoms with van der Waals surface area (Å²) in [6.45, 7) is 3.03. The van der Waals surface area contributed by atoms with Crippen LogP contribution >= 0.6 is 11.6 Å². The van der Waals surface area contributed by atoms with Crippen LogP contribution in [0.1, 0.15) is 10.4 Å². The van der Waals surface area contributed by atoms with Gasteiger partial charge < -0.3 is 4.90 Å². The van der Waals surface area contributed by atoms with Crippen LogP contribution < -0.4 is 5.43 Å². The third-order valence-electron chi connectivity index (χ3n) is 3.04. The van der Waals surface area contributed by atoms with Gasteiger partial charge >= 0.3 is 0 Å². The molecule has 1 fully saturated rings. The van der Waals surface area contributed by atoms with Crippen molar-refractivity contribution < 1.29 is 9.72 Å². The quantitative estimate of drug-likeness (QED) is 0.497. The predicted octanol–water partition coefficient (Wildman–Crippen LogP) is 0.535. The fourth-order valence-electron chi connectivity index (χ4n) is 1.82. The molecule has 8 nitrogen and oxygen atoms in total. The zero-order chi connectivity index (χ0) is 14.7. The van der Waals surface area contributed by atoms with Gasteiger partial charge in [-0.3, -0.25) is 20.3 Å². The van der Waals surface area contributed by atoms with E-state index in [1.54, 1.807) is 5.01 Å². The van der Waals surface area contributed by atoms with E-state index in [0.29, 0.717) is 13.1 Å². The van der Waals surface area contributed by atoms with E-state index < -0.39 is 10.8 Å². The van der Waals surface area contributed by atoms with Crippen molar-refractivity contribution in [2.75, 3.05) is 33.2 Å². The van der Waals surface area contributed by atoms with Gasteiger partial charge in [0.25, 0.3) is 11.6 Å². The fraction of sp³-hybridized carbons (Fsp3) is 0.455. The number of nitro groups is 1. The number of hydrazine groups is 1. The van der Waals surface area contributed by atoms with E-state index in [9.17, 15) is 14.9 Å². The Kier molecular flexibility index (Phi) is 4.48. The topological polar surface area (TPSA) is 91.6 Å². The standard InChI is InChI=1S/C11H14ClN5O3/c1-15-2-4-16(5-3-15)14-11(18)9-6-8(17(19)20)7-13-10(9)12/h6-7H,2-5H2,1H3,(H,14,18). The Morgan fingerprint density at radius 3 is 2.70 bits per heavy atom. The third-order valence-corrected chi connectivity index (χ3v) is 3.34. The van der Waals surface area contributed by atoms with E-state index in [0.717, 1.165) is 25.4 Å². The Bertz CT molecular complexity index is 531. The van der Waals surface area contributed by atoms with Crippen molar-refractivity contribution in [2.45, 2.75) is 0 Å². The molecular formula is C11H14ClN5O3. The summed E-state index contributed by atoms with van der Waals surface area (Å²) in [6, 6.07) is 1.13. The maximum atomic E-state index is 12.1. The second-order valence-corrected chi connectivity index (χ2v) is 4.88. The molecule has 0 radical (unpaired) electrons. The van der Waals surface area contributed by atoms with Crippen molar-refractivity contribution in [1.82, 2.24) is 20.3 Å². The molecule has 1 saturated heterocycles.